The zero-order valence-corrected chi connectivity index (χ0v) is 14.0. The summed E-state index contributed by atoms with van der Waals surface area (Å²) in [5, 5.41) is 2.67. The SMILES string of the molecule is Cc1cccc(C(=O)OCC(=O)Nc2ccc(N(C)C)cc2)c1N. The van der Waals surface area contributed by atoms with Gasteiger partial charge in [0.1, 0.15) is 0 Å². The number of rotatable bonds is 5. The van der Waals surface area contributed by atoms with Gasteiger partial charge in [-0.2, -0.15) is 0 Å². The zero-order valence-electron chi connectivity index (χ0n) is 14.0. The molecule has 0 unspecified atom stereocenters. The lowest BCUT2D eigenvalue weighted by molar-refractivity contribution is -0.119. The average molecular weight is 327 g/mol. The summed E-state index contributed by atoms with van der Waals surface area (Å²) in [4.78, 5) is 25.9. The number of esters is 1. The highest BCUT2D eigenvalue weighted by Crippen LogP contribution is 2.18. The maximum absolute atomic E-state index is 12.0. The summed E-state index contributed by atoms with van der Waals surface area (Å²) in [6.07, 6.45) is 0. The lowest BCUT2D eigenvalue weighted by atomic mass is 10.1. The number of benzene rings is 2. The number of para-hydroxylation sites is 1. The Morgan fingerprint density at radius 1 is 1.12 bits per heavy atom. The number of nitrogen functional groups attached to an aromatic ring is 1. The van der Waals surface area contributed by atoms with E-state index in [9.17, 15) is 9.59 Å². The summed E-state index contributed by atoms with van der Waals surface area (Å²) in [7, 11) is 3.87. The topological polar surface area (TPSA) is 84.7 Å². The van der Waals surface area contributed by atoms with Crippen molar-refractivity contribution < 1.29 is 14.3 Å². The number of hydrogen-bond donors (Lipinski definition) is 2. The minimum absolute atomic E-state index is 0.262. The van der Waals surface area contributed by atoms with Gasteiger partial charge < -0.3 is 20.7 Å². The fourth-order valence-electron chi connectivity index (χ4n) is 2.11. The Morgan fingerprint density at radius 3 is 2.42 bits per heavy atom. The number of anilines is 3. The van der Waals surface area contributed by atoms with Gasteiger partial charge in [0.05, 0.1) is 5.56 Å². The molecule has 0 heterocycles. The summed E-state index contributed by atoms with van der Waals surface area (Å²) in [6, 6.07) is 12.4. The van der Waals surface area contributed by atoms with Gasteiger partial charge in [0.15, 0.2) is 6.61 Å². The molecule has 24 heavy (non-hydrogen) atoms. The van der Waals surface area contributed by atoms with Gasteiger partial charge in [-0.05, 0) is 42.8 Å². The molecule has 0 atom stereocenters. The molecule has 2 aromatic carbocycles. The van der Waals surface area contributed by atoms with Crippen LogP contribution in [0.25, 0.3) is 0 Å². The summed E-state index contributed by atoms with van der Waals surface area (Å²) in [5.41, 5.74) is 8.92. The molecule has 3 N–H and O–H groups in total. The Labute approximate surface area is 141 Å². The molecule has 0 radical (unpaired) electrons. The second-order valence-electron chi connectivity index (χ2n) is 5.60. The lowest BCUT2D eigenvalue weighted by Gasteiger charge is -2.13. The van der Waals surface area contributed by atoms with E-state index in [1.54, 1.807) is 37.3 Å². The highest BCUT2D eigenvalue weighted by atomic mass is 16.5. The molecule has 126 valence electrons. The average Bonchev–Trinajstić information content (AvgIpc) is 2.55. The first kappa shape index (κ1) is 17.3. The summed E-state index contributed by atoms with van der Waals surface area (Å²) >= 11 is 0. The van der Waals surface area contributed by atoms with Crippen molar-refractivity contribution in [3.63, 3.8) is 0 Å². The van der Waals surface area contributed by atoms with Gasteiger partial charge in [0.25, 0.3) is 5.91 Å². The minimum atomic E-state index is -0.616. The Kier molecular flexibility index (Phi) is 5.42. The van der Waals surface area contributed by atoms with E-state index in [1.807, 2.05) is 31.1 Å². The van der Waals surface area contributed by atoms with Crippen molar-refractivity contribution >= 4 is 28.9 Å². The van der Waals surface area contributed by atoms with E-state index in [4.69, 9.17) is 10.5 Å². The molecule has 0 saturated carbocycles. The number of carbonyl (C=O) groups excluding carboxylic acids is 2. The normalized spacial score (nSPS) is 10.1. The van der Waals surface area contributed by atoms with Gasteiger partial charge >= 0.3 is 5.97 Å². The van der Waals surface area contributed by atoms with Crippen molar-refractivity contribution in [1.82, 2.24) is 0 Å². The fraction of sp³-hybridized carbons (Fsp3) is 0.222. The Bertz CT molecular complexity index is 740. The summed E-state index contributed by atoms with van der Waals surface area (Å²) < 4.78 is 5.02. The van der Waals surface area contributed by atoms with Crippen LogP contribution in [-0.2, 0) is 9.53 Å². The zero-order chi connectivity index (χ0) is 17.7. The molecule has 6 heteroatoms. The molecule has 0 aliphatic carbocycles. The molecule has 0 aliphatic heterocycles. The quantitative estimate of drug-likeness (QED) is 0.651. The van der Waals surface area contributed by atoms with E-state index in [1.165, 1.54) is 0 Å². The molecule has 1 amide bonds. The first-order valence-electron chi connectivity index (χ1n) is 7.48. The number of aryl methyl sites for hydroxylation is 1. The number of nitrogens with zero attached hydrogens (tertiary/aromatic N) is 1. The standard InChI is InChI=1S/C18H21N3O3/c1-12-5-4-6-15(17(12)19)18(23)24-11-16(22)20-13-7-9-14(10-8-13)21(2)3/h4-10H,11,19H2,1-3H3,(H,20,22). The van der Waals surface area contributed by atoms with Crippen molar-refractivity contribution in [2.24, 2.45) is 0 Å². The molecule has 0 fully saturated rings. The molecule has 0 bridgehead atoms. The maximum atomic E-state index is 12.0. The number of carbonyl (C=O) groups is 2. The van der Waals surface area contributed by atoms with Crippen LogP contribution < -0.4 is 16.0 Å². The van der Waals surface area contributed by atoms with Crippen molar-refractivity contribution in [3.05, 3.63) is 53.6 Å². The van der Waals surface area contributed by atoms with Crippen LogP contribution in [-0.4, -0.2) is 32.6 Å². The number of hydrogen-bond acceptors (Lipinski definition) is 5. The highest BCUT2D eigenvalue weighted by Gasteiger charge is 2.14. The van der Waals surface area contributed by atoms with Crippen molar-refractivity contribution in [3.8, 4) is 0 Å². The van der Waals surface area contributed by atoms with Crippen LogP contribution in [0.4, 0.5) is 17.1 Å². The van der Waals surface area contributed by atoms with Gasteiger partial charge in [0.2, 0.25) is 0 Å². The lowest BCUT2D eigenvalue weighted by Crippen LogP contribution is -2.21. The maximum Gasteiger partial charge on any atom is 0.340 e. The van der Waals surface area contributed by atoms with Crippen molar-refractivity contribution in [1.29, 1.82) is 0 Å². The molecular weight excluding hydrogens is 306 g/mol. The fourth-order valence-corrected chi connectivity index (χ4v) is 2.11. The molecule has 0 spiro atoms. The van der Waals surface area contributed by atoms with E-state index in [2.05, 4.69) is 5.32 Å². The second-order valence-corrected chi connectivity index (χ2v) is 5.60. The van der Waals surface area contributed by atoms with Gasteiger partial charge in [-0.3, -0.25) is 4.79 Å². The van der Waals surface area contributed by atoms with Crippen LogP contribution in [0.1, 0.15) is 15.9 Å². The smallest absolute Gasteiger partial charge is 0.340 e. The molecule has 2 rings (SSSR count). The summed E-state index contributed by atoms with van der Waals surface area (Å²) in [6.45, 7) is 1.43. The molecule has 2 aromatic rings. The minimum Gasteiger partial charge on any atom is -0.452 e. The highest BCUT2D eigenvalue weighted by molar-refractivity contribution is 5.98. The molecule has 6 nitrogen and oxygen atoms in total. The predicted octanol–water partition coefficient (Wildman–Crippen LogP) is 2.44. The van der Waals surface area contributed by atoms with Crippen LogP contribution in [0.2, 0.25) is 0 Å². The Hall–Kier alpha value is -3.02. The third kappa shape index (κ3) is 4.25. The molecular formula is C18H21N3O3. The van der Waals surface area contributed by atoms with Gasteiger partial charge in [-0.15, -0.1) is 0 Å². The van der Waals surface area contributed by atoms with Crippen LogP contribution in [0.15, 0.2) is 42.5 Å². The Balaban J connectivity index is 1.91. The van der Waals surface area contributed by atoms with Gasteiger partial charge in [0, 0.05) is 31.2 Å². The van der Waals surface area contributed by atoms with Gasteiger partial charge in [-0.1, -0.05) is 12.1 Å². The van der Waals surface area contributed by atoms with Crippen LogP contribution >= 0.6 is 0 Å². The van der Waals surface area contributed by atoms with E-state index in [-0.39, 0.29) is 12.2 Å². The number of ether oxygens (including phenoxy) is 1. The van der Waals surface area contributed by atoms with E-state index >= 15 is 0 Å². The monoisotopic (exact) mass is 327 g/mol. The molecule has 0 saturated heterocycles. The number of nitrogens with one attached hydrogen (secondary N) is 1. The van der Waals surface area contributed by atoms with E-state index in [0.29, 0.717) is 11.4 Å². The third-order valence-corrected chi connectivity index (χ3v) is 3.55. The Morgan fingerprint density at radius 2 is 1.79 bits per heavy atom. The van der Waals surface area contributed by atoms with Crippen molar-refractivity contribution in [2.45, 2.75) is 6.92 Å². The van der Waals surface area contributed by atoms with Crippen LogP contribution in [0, 0.1) is 6.92 Å². The first-order valence-corrected chi connectivity index (χ1v) is 7.48. The molecule has 0 aliphatic rings. The third-order valence-electron chi connectivity index (χ3n) is 3.55. The van der Waals surface area contributed by atoms with Crippen LogP contribution in [0.3, 0.4) is 0 Å². The summed E-state index contributed by atoms with van der Waals surface area (Å²) in [5.74, 6) is -1.03. The number of nitrogens with two attached hydrogens (primary N) is 1. The number of amides is 1. The largest absolute Gasteiger partial charge is 0.452 e. The first-order chi connectivity index (χ1) is 11.4. The predicted molar refractivity (Wildman–Crippen MR) is 95.3 cm³/mol. The molecule has 0 aromatic heterocycles. The van der Waals surface area contributed by atoms with Crippen molar-refractivity contribution in [2.75, 3.05) is 36.7 Å². The van der Waals surface area contributed by atoms with E-state index < -0.39 is 11.9 Å². The second kappa shape index (κ2) is 7.50. The van der Waals surface area contributed by atoms with Crippen LogP contribution in [0.5, 0.6) is 0 Å². The van der Waals surface area contributed by atoms with E-state index in [0.717, 1.165) is 11.3 Å². The van der Waals surface area contributed by atoms with Gasteiger partial charge in [-0.25, -0.2) is 4.79 Å².